The molecule has 0 N–H and O–H groups in total. The zero-order valence-electron chi connectivity index (χ0n) is 10.0. The predicted octanol–water partition coefficient (Wildman–Crippen LogP) is 3.62. The molecule has 1 atom stereocenters. The number of aryl methyl sites for hydroxylation is 1. The van der Waals surface area contributed by atoms with Crippen LogP contribution < -0.4 is 0 Å². The number of nitrogens with zero attached hydrogens (tertiary/aromatic N) is 1. The average Bonchev–Trinajstić information content (AvgIpc) is 2.15. The highest BCUT2D eigenvalue weighted by Gasteiger charge is 2.25. The van der Waals surface area contributed by atoms with Gasteiger partial charge in [0.2, 0.25) is 0 Å². The molecule has 0 amide bonds. The van der Waals surface area contributed by atoms with Crippen LogP contribution in [0.5, 0.6) is 0 Å². The Bertz CT molecular complexity index is 396. The quantitative estimate of drug-likeness (QED) is 0.624. The van der Waals surface area contributed by atoms with Crippen molar-refractivity contribution in [2.45, 2.75) is 34.1 Å². The summed E-state index contributed by atoms with van der Waals surface area (Å²) in [5, 5.41) is 0. The van der Waals surface area contributed by atoms with Gasteiger partial charge in [0.1, 0.15) is 0 Å². The lowest BCUT2D eigenvalue weighted by atomic mass is 9.74. The summed E-state index contributed by atoms with van der Waals surface area (Å²) in [6.45, 7) is 8.98. The van der Waals surface area contributed by atoms with Gasteiger partial charge in [0.15, 0.2) is 0 Å². The van der Waals surface area contributed by atoms with Crippen molar-refractivity contribution < 1.29 is 0 Å². The van der Waals surface area contributed by atoms with Gasteiger partial charge in [0.05, 0.1) is 0 Å². The molecule has 0 bridgehead atoms. The fraction of sp³-hybridized carbons (Fsp3) is 0.500. The van der Waals surface area contributed by atoms with E-state index in [2.05, 4.69) is 50.9 Å². The molecule has 1 nitrogen and oxygen atoms in total. The fourth-order valence-electron chi connectivity index (χ4n) is 2.07. The van der Waals surface area contributed by atoms with Crippen LogP contribution in [0.25, 0.3) is 6.08 Å². The Balaban J connectivity index is 2.33. The molecule has 15 heavy (non-hydrogen) atoms. The maximum atomic E-state index is 4.33. The molecule has 1 aromatic rings. The molecule has 1 aromatic heterocycles. The number of rotatable bonds is 0. The minimum Gasteiger partial charge on any atom is -0.261 e. The zero-order chi connectivity index (χ0) is 11.1. The van der Waals surface area contributed by atoms with Gasteiger partial charge in [-0.1, -0.05) is 32.9 Å². The zero-order valence-corrected chi connectivity index (χ0v) is 10.0. The van der Waals surface area contributed by atoms with Gasteiger partial charge in [-0.05, 0) is 41.9 Å². The Labute approximate surface area is 92.2 Å². The molecule has 0 aromatic carbocycles. The van der Waals surface area contributed by atoms with Gasteiger partial charge < -0.3 is 0 Å². The summed E-state index contributed by atoms with van der Waals surface area (Å²) in [6.07, 6.45) is 7.69. The number of hydrogen-bond donors (Lipinski definition) is 0. The van der Waals surface area contributed by atoms with E-state index < -0.39 is 0 Å². The summed E-state index contributed by atoms with van der Waals surface area (Å²) in [7, 11) is 0. The number of pyridine rings is 1. The monoisotopic (exact) mass is 201 g/mol. The van der Waals surface area contributed by atoms with Crippen molar-refractivity contribution in [1.82, 2.24) is 4.98 Å². The average molecular weight is 201 g/mol. The minimum absolute atomic E-state index is 0.353. The van der Waals surface area contributed by atoms with E-state index in [1.165, 1.54) is 11.1 Å². The SMILES string of the molecule is Cc1cc2c(cn1)C=CC(C(C)(C)C)C2. The highest BCUT2D eigenvalue weighted by atomic mass is 14.7. The molecular weight excluding hydrogens is 182 g/mol. The molecule has 1 heteroatoms. The largest absolute Gasteiger partial charge is 0.261 e. The predicted molar refractivity (Wildman–Crippen MR) is 64.7 cm³/mol. The number of allylic oxidation sites excluding steroid dienone is 1. The first-order valence-electron chi connectivity index (χ1n) is 5.60. The van der Waals surface area contributed by atoms with E-state index in [1.54, 1.807) is 0 Å². The lowest BCUT2D eigenvalue weighted by molar-refractivity contribution is 0.290. The highest BCUT2D eigenvalue weighted by Crippen LogP contribution is 2.34. The van der Waals surface area contributed by atoms with Crippen LogP contribution in [-0.2, 0) is 6.42 Å². The van der Waals surface area contributed by atoms with Crippen molar-refractivity contribution in [2.75, 3.05) is 0 Å². The summed E-state index contributed by atoms with van der Waals surface area (Å²) >= 11 is 0. The van der Waals surface area contributed by atoms with Crippen LogP contribution in [0.15, 0.2) is 18.3 Å². The first-order valence-corrected chi connectivity index (χ1v) is 5.60. The molecular formula is C14H19N. The van der Waals surface area contributed by atoms with Gasteiger partial charge in [-0.2, -0.15) is 0 Å². The Morgan fingerprint density at radius 1 is 1.33 bits per heavy atom. The Hall–Kier alpha value is -1.11. The summed E-state index contributed by atoms with van der Waals surface area (Å²) in [6, 6.07) is 2.22. The topological polar surface area (TPSA) is 12.9 Å². The van der Waals surface area contributed by atoms with E-state index in [-0.39, 0.29) is 0 Å². The maximum absolute atomic E-state index is 4.33. The van der Waals surface area contributed by atoms with Crippen LogP contribution in [0.1, 0.15) is 37.6 Å². The van der Waals surface area contributed by atoms with Gasteiger partial charge >= 0.3 is 0 Å². The Kier molecular flexibility index (Phi) is 2.41. The molecule has 1 aliphatic rings. The van der Waals surface area contributed by atoms with Crippen LogP contribution in [0, 0.1) is 18.3 Å². The standard InChI is InChI=1S/C14H19N/c1-10-7-12-8-13(14(2,3)4)6-5-11(12)9-15-10/h5-7,9,13H,8H2,1-4H3. The molecule has 1 heterocycles. The van der Waals surface area contributed by atoms with E-state index >= 15 is 0 Å². The van der Waals surface area contributed by atoms with Crippen LogP contribution in [0.3, 0.4) is 0 Å². The molecule has 1 aliphatic carbocycles. The minimum atomic E-state index is 0.353. The molecule has 0 fully saturated rings. The van der Waals surface area contributed by atoms with E-state index in [9.17, 15) is 0 Å². The molecule has 0 saturated heterocycles. The first-order chi connectivity index (χ1) is 6.97. The van der Waals surface area contributed by atoms with Crippen molar-refractivity contribution in [3.8, 4) is 0 Å². The summed E-state index contributed by atoms with van der Waals surface area (Å²) in [5.74, 6) is 0.645. The van der Waals surface area contributed by atoms with E-state index in [0.29, 0.717) is 11.3 Å². The molecule has 1 unspecified atom stereocenters. The van der Waals surface area contributed by atoms with Crippen molar-refractivity contribution in [3.05, 3.63) is 35.2 Å². The van der Waals surface area contributed by atoms with Crippen molar-refractivity contribution in [2.24, 2.45) is 11.3 Å². The van der Waals surface area contributed by atoms with Crippen molar-refractivity contribution in [3.63, 3.8) is 0 Å². The van der Waals surface area contributed by atoms with Crippen molar-refractivity contribution >= 4 is 6.08 Å². The van der Waals surface area contributed by atoms with Crippen LogP contribution in [0.2, 0.25) is 0 Å². The summed E-state index contributed by atoms with van der Waals surface area (Å²) in [4.78, 5) is 4.33. The fourth-order valence-corrected chi connectivity index (χ4v) is 2.07. The van der Waals surface area contributed by atoms with Gasteiger partial charge in [-0.25, -0.2) is 0 Å². The third kappa shape index (κ3) is 2.11. The van der Waals surface area contributed by atoms with E-state index in [4.69, 9.17) is 0 Å². The van der Waals surface area contributed by atoms with Gasteiger partial charge in [0.25, 0.3) is 0 Å². The van der Waals surface area contributed by atoms with E-state index in [0.717, 1.165) is 12.1 Å². The second-order valence-corrected chi connectivity index (χ2v) is 5.56. The number of hydrogen-bond acceptors (Lipinski definition) is 1. The van der Waals surface area contributed by atoms with Gasteiger partial charge in [0, 0.05) is 11.9 Å². The third-order valence-electron chi connectivity index (χ3n) is 3.22. The molecule has 0 aliphatic heterocycles. The third-order valence-corrected chi connectivity index (χ3v) is 3.22. The molecule has 2 rings (SSSR count). The molecule has 0 spiro atoms. The van der Waals surface area contributed by atoms with Crippen LogP contribution in [0.4, 0.5) is 0 Å². The number of aromatic nitrogens is 1. The normalized spacial score (nSPS) is 20.1. The highest BCUT2D eigenvalue weighted by molar-refractivity contribution is 5.56. The van der Waals surface area contributed by atoms with Crippen LogP contribution >= 0.6 is 0 Å². The van der Waals surface area contributed by atoms with Gasteiger partial charge in [-0.3, -0.25) is 4.98 Å². The Morgan fingerprint density at radius 2 is 2.07 bits per heavy atom. The second kappa shape index (κ2) is 3.48. The summed E-state index contributed by atoms with van der Waals surface area (Å²) < 4.78 is 0. The van der Waals surface area contributed by atoms with Crippen LogP contribution in [-0.4, -0.2) is 4.98 Å². The number of fused-ring (bicyclic) bond motifs is 1. The Morgan fingerprint density at radius 3 is 2.73 bits per heavy atom. The second-order valence-electron chi connectivity index (χ2n) is 5.56. The first kappa shape index (κ1) is 10.4. The van der Waals surface area contributed by atoms with Gasteiger partial charge in [-0.15, -0.1) is 0 Å². The molecule has 80 valence electrons. The molecule has 0 saturated carbocycles. The van der Waals surface area contributed by atoms with Crippen molar-refractivity contribution in [1.29, 1.82) is 0 Å². The maximum Gasteiger partial charge on any atom is 0.0375 e. The lowest BCUT2D eigenvalue weighted by Crippen LogP contribution is -2.22. The molecule has 0 radical (unpaired) electrons. The summed E-state index contributed by atoms with van der Waals surface area (Å²) in [5.41, 5.74) is 4.22. The van der Waals surface area contributed by atoms with E-state index in [1.807, 2.05) is 6.20 Å². The lowest BCUT2D eigenvalue weighted by Gasteiger charge is -2.31. The smallest absolute Gasteiger partial charge is 0.0375 e.